The molecule has 0 aromatic rings. The summed E-state index contributed by atoms with van der Waals surface area (Å²) in [7, 11) is 0. The second-order valence-corrected chi connectivity index (χ2v) is 5.12. The zero-order chi connectivity index (χ0) is 11.0. The van der Waals surface area contributed by atoms with Gasteiger partial charge in [-0.1, -0.05) is 53.4 Å². The van der Waals surface area contributed by atoms with Gasteiger partial charge in [0.25, 0.3) is 0 Å². The molecule has 0 bridgehead atoms. The maximum atomic E-state index is 10.4. The van der Waals surface area contributed by atoms with Gasteiger partial charge in [0.1, 0.15) is 6.29 Å². The van der Waals surface area contributed by atoms with Gasteiger partial charge in [0.15, 0.2) is 0 Å². The Bertz CT molecular complexity index is 140. The van der Waals surface area contributed by atoms with Gasteiger partial charge in [-0.3, -0.25) is 0 Å². The summed E-state index contributed by atoms with van der Waals surface area (Å²) in [5.74, 6) is 1.87. The lowest BCUT2D eigenvalue weighted by Gasteiger charge is -2.12. The van der Waals surface area contributed by atoms with Crippen LogP contribution in [-0.2, 0) is 4.79 Å². The van der Waals surface area contributed by atoms with E-state index in [1.165, 1.54) is 25.7 Å². The lowest BCUT2D eigenvalue weighted by molar-refractivity contribution is -0.110. The van der Waals surface area contributed by atoms with E-state index in [0.717, 1.165) is 24.5 Å². The third-order valence-corrected chi connectivity index (χ3v) is 2.83. The van der Waals surface area contributed by atoms with E-state index >= 15 is 0 Å². The van der Waals surface area contributed by atoms with Crippen LogP contribution in [0, 0.1) is 17.8 Å². The van der Waals surface area contributed by atoms with Gasteiger partial charge in [0.2, 0.25) is 0 Å². The van der Waals surface area contributed by atoms with Crippen LogP contribution in [0.1, 0.15) is 59.8 Å². The van der Waals surface area contributed by atoms with Crippen molar-refractivity contribution in [2.45, 2.75) is 59.8 Å². The van der Waals surface area contributed by atoms with Gasteiger partial charge in [0, 0.05) is 5.92 Å². The van der Waals surface area contributed by atoms with Crippen LogP contribution < -0.4 is 0 Å². The molecule has 2 unspecified atom stereocenters. The molecule has 0 aliphatic rings. The Hall–Kier alpha value is -0.330. The Labute approximate surface area is 89.3 Å². The fourth-order valence-electron chi connectivity index (χ4n) is 1.63. The predicted octanol–water partition coefficient (Wildman–Crippen LogP) is 4.06. The highest BCUT2D eigenvalue weighted by atomic mass is 16.1. The first-order valence-electron chi connectivity index (χ1n) is 6.01. The molecular weight excluding hydrogens is 172 g/mol. The minimum atomic E-state index is 0.252. The Kier molecular flexibility index (Phi) is 7.83. The number of hydrogen-bond acceptors (Lipinski definition) is 1. The summed E-state index contributed by atoms with van der Waals surface area (Å²) in [5, 5.41) is 0. The molecule has 0 amide bonds. The highest BCUT2D eigenvalue weighted by Gasteiger charge is 2.06. The molecule has 14 heavy (non-hydrogen) atoms. The third-order valence-electron chi connectivity index (χ3n) is 2.83. The number of carbonyl (C=O) groups excluding carboxylic acids is 1. The van der Waals surface area contributed by atoms with Gasteiger partial charge < -0.3 is 4.79 Å². The van der Waals surface area contributed by atoms with Crippen LogP contribution in [0.15, 0.2) is 0 Å². The van der Waals surface area contributed by atoms with Gasteiger partial charge in [-0.15, -0.1) is 0 Å². The Morgan fingerprint density at radius 1 is 0.929 bits per heavy atom. The lowest BCUT2D eigenvalue weighted by atomic mass is 9.93. The molecule has 0 aliphatic carbocycles. The first-order chi connectivity index (χ1) is 6.56. The minimum Gasteiger partial charge on any atom is -0.303 e. The molecule has 0 aromatic heterocycles. The molecule has 84 valence electrons. The van der Waals surface area contributed by atoms with Crippen molar-refractivity contribution in [1.29, 1.82) is 0 Å². The van der Waals surface area contributed by atoms with Crippen molar-refractivity contribution >= 4 is 6.29 Å². The average molecular weight is 198 g/mol. The smallest absolute Gasteiger partial charge is 0.122 e. The van der Waals surface area contributed by atoms with Gasteiger partial charge in [0.05, 0.1) is 0 Å². The largest absolute Gasteiger partial charge is 0.303 e. The molecule has 0 saturated heterocycles. The fraction of sp³-hybridized carbons (Fsp3) is 0.923. The summed E-state index contributed by atoms with van der Waals surface area (Å²) in [6.07, 6.45) is 7.34. The molecule has 0 saturated carbocycles. The summed E-state index contributed by atoms with van der Waals surface area (Å²) in [4.78, 5) is 10.4. The van der Waals surface area contributed by atoms with Crippen LogP contribution in [0.25, 0.3) is 0 Å². The second-order valence-electron chi connectivity index (χ2n) is 5.12. The van der Waals surface area contributed by atoms with E-state index in [0.29, 0.717) is 0 Å². The molecule has 0 heterocycles. The molecule has 1 heteroatoms. The Morgan fingerprint density at radius 2 is 1.57 bits per heavy atom. The minimum absolute atomic E-state index is 0.252. The first-order valence-corrected chi connectivity index (χ1v) is 6.01. The van der Waals surface area contributed by atoms with Crippen molar-refractivity contribution in [3.63, 3.8) is 0 Å². The zero-order valence-electron chi connectivity index (χ0n) is 10.3. The van der Waals surface area contributed by atoms with E-state index in [-0.39, 0.29) is 5.92 Å². The van der Waals surface area contributed by atoms with E-state index in [4.69, 9.17) is 0 Å². The van der Waals surface area contributed by atoms with Crippen LogP contribution in [-0.4, -0.2) is 6.29 Å². The SMILES string of the molecule is CC(C)CCCC(C)CCC(C)C=O. The average Bonchev–Trinajstić information content (AvgIpc) is 2.13. The van der Waals surface area contributed by atoms with Gasteiger partial charge in [-0.2, -0.15) is 0 Å². The van der Waals surface area contributed by atoms with E-state index in [9.17, 15) is 4.79 Å². The molecule has 1 nitrogen and oxygen atoms in total. The van der Waals surface area contributed by atoms with E-state index in [2.05, 4.69) is 20.8 Å². The topological polar surface area (TPSA) is 17.1 Å². The summed E-state index contributed by atoms with van der Waals surface area (Å²) < 4.78 is 0. The van der Waals surface area contributed by atoms with Crippen molar-refractivity contribution in [2.75, 3.05) is 0 Å². The molecule has 0 spiro atoms. The maximum Gasteiger partial charge on any atom is 0.122 e. The van der Waals surface area contributed by atoms with Crippen LogP contribution in [0.5, 0.6) is 0 Å². The van der Waals surface area contributed by atoms with Crippen LogP contribution in [0.3, 0.4) is 0 Å². The first kappa shape index (κ1) is 13.7. The molecule has 0 aromatic carbocycles. The highest BCUT2D eigenvalue weighted by Crippen LogP contribution is 2.18. The van der Waals surface area contributed by atoms with Crippen molar-refractivity contribution in [1.82, 2.24) is 0 Å². The summed E-state index contributed by atoms with van der Waals surface area (Å²) in [6.45, 7) is 8.87. The summed E-state index contributed by atoms with van der Waals surface area (Å²) in [6, 6.07) is 0. The number of aldehydes is 1. The standard InChI is InChI=1S/C13H26O/c1-11(2)6-5-7-12(3)8-9-13(4)10-14/h10-13H,5-9H2,1-4H3. The maximum absolute atomic E-state index is 10.4. The summed E-state index contributed by atoms with van der Waals surface area (Å²) >= 11 is 0. The Morgan fingerprint density at radius 3 is 2.07 bits per heavy atom. The normalized spacial score (nSPS) is 15.5. The van der Waals surface area contributed by atoms with Crippen LogP contribution in [0.4, 0.5) is 0 Å². The molecule has 0 radical (unpaired) electrons. The second kappa shape index (κ2) is 8.02. The summed E-state index contributed by atoms with van der Waals surface area (Å²) in [5.41, 5.74) is 0. The fourth-order valence-corrected chi connectivity index (χ4v) is 1.63. The number of rotatable bonds is 8. The molecular formula is C13H26O. The van der Waals surface area contributed by atoms with E-state index < -0.39 is 0 Å². The monoisotopic (exact) mass is 198 g/mol. The molecule has 0 N–H and O–H groups in total. The van der Waals surface area contributed by atoms with Crippen molar-refractivity contribution in [2.24, 2.45) is 17.8 Å². The van der Waals surface area contributed by atoms with Gasteiger partial charge >= 0.3 is 0 Å². The van der Waals surface area contributed by atoms with E-state index in [1.54, 1.807) is 0 Å². The van der Waals surface area contributed by atoms with Crippen molar-refractivity contribution in [3.8, 4) is 0 Å². The molecule has 0 rings (SSSR count). The van der Waals surface area contributed by atoms with Crippen LogP contribution >= 0.6 is 0 Å². The van der Waals surface area contributed by atoms with Crippen molar-refractivity contribution in [3.05, 3.63) is 0 Å². The highest BCUT2D eigenvalue weighted by molar-refractivity contribution is 5.52. The Balaban J connectivity index is 3.36. The quantitative estimate of drug-likeness (QED) is 0.537. The van der Waals surface area contributed by atoms with Crippen molar-refractivity contribution < 1.29 is 4.79 Å². The lowest BCUT2D eigenvalue weighted by Crippen LogP contribution is -2.02. The zero-order valence-corrected chi connectivity index (χ0v) is 10.3. The molecule has 0 fully saturated rings. The molecule has 2 atom stereocenters. The molecule has 0 aliphatic heterocycles. The third kappa shape index (κ3) is 8.28. The van der Waals surface area contributed by atoms with E-state index in [1.807, 2.05) is 6.92 Å². The number of carbonyl (C=O) groups is 1. The van der Waals surface area contributed by atoms with Gasteiger partial charge in [-0.25, -0.2) is 0 Å². The predicted molar refractivity (Wildman–Crippen MR) is 62.3 cm³/mol. The number of hydrogen-bond donors (Lipinski definition) is 0. The van der Waals surface area contributed by atoms with Gasteiger partial charge in [-0.05, 0) is 18.3 Å². The van der Waals surface area contributed by atoms with Crippen LogP contribution in [0.2, 0.25) is 0 Å².